The summed E-state index contributed by atoms with van der Waals surface area (Å²) < 4.78 is 33.0. The van der Waals surface area contributed by atoms with Crippen LogP contribution in [0.5, 0.6) is 5.75 Å². The number of nitrogens with one attached hydrogen (secondary N) is 1. The molecule has 0 aliphatic heterocycles. The number of imidazole rings is 1. The first-order chi connectivity index (χ1) is 15.4. The minimum absolute atomic E-state index is 0.00154. The molecule has 0 saturated heterocycles. The normalized spacial score (nSPS) is 11.3. The van der Waals surface area contributed by atoms with Crippen LogP contribution in [0.15, 0.2) is 73.1 Å². The van der Waals surface area contributed by atoms with Gasteiger partial charge in [-0.05, 0) is 61.9 Å². The molecule has 3 aromatic carbocycles. The van der Waals surface area contributed by atoms with Crippen LogP contribution in [0.3, 0.4) is 0 Å². The molecular formula is C25H23F2N3O2. The van der Waals surface area contributed by atoms with E-state index in [0.717, 1.165) is 22.3 Å². The Hall–Kier alpha value is -3.74. The summed E-state index contributed by atoms with van der Waals surface area (Å²) in [5, 5.41) is 2.88. The van der Waals surface area contributed by atoms with E-state index in [0.29, 0.717) is 11.3 Å². The number of rotatable bonds is 7. The van der Waals surface area contributed by atoms with Crippen LogP contribution in [0.4, 0.5) is 8.78 Å². The molecular weight excluding hydrogens is 412 g/mol. The maximum atomic E-state index is 12.6. The topological polar surface area (TPSA) is 56.2 Å². The second-order valence-corrected chi connectivity index (χ2v) is 7.77. The van der Waals surface area contributed by atoms with Crippen LogP contribution in [0.2, 0.25) is 0 Å². The summed E-state index contributed by atoms with van der Waals surface area (Å²) in [6.07, 6.45) is -0.754. The Bertz CT molecular complexity index is 1220. The van der Waals surface area contributed by atoms with E-state index >= 15 is 0 Å². The number of carbonyl (C=O) groups is 1. The lowest BCUT2D eigenvalue weighted by Crippen LogP contribution is -2.29. The minimum atomic E-state index is -2.47. The lowest BCUT2D eigenvalue weighted by molar-refractivity contribution is 0.0943. The Morgan fingerprint density at radius 2 is 1.75 bits per heavy atom. The van der Waals surface area contributed by atoms with Gasteiger partial charge in [-0.1, -0.05) is 24.3 Å². The van der Waals surface area contributed by atoms with Gasteiger partial charge in [0.2, 0.25) is 0 Å². The van der Waals surface area contributed by atoms with Gasteiger partial charge in [0, 0.05) is 22.9 Å². The standard InChI is InChI=1S/C25H23F2N3O2/c1-16(2)29-25(31)19-7-12-23-22(13-19)28-15-30(23)20-8-10-21(11-9-20)32-14-17-3-5-18(6-4-17)24(26)27/h3-13,15-16,24H,14H2,1-2H3,(H,29,31). The fraction of sp³-hybridized carbons (Fsp3) is 0.200. The highest BCUT2D eigenvalue weighted by Gasteiger charge is 2.11. The third kappa shape index (κ3) is 4.77. The molecule has 0 aliphatic rings. The van der Waals surface area contributed by atoms with Crippen molar-refractivity contribution in [1.29, 1.82) is 0 Å². The molecule has 1 aromatic heterocycles. The zero-order valence-electron chi connectivity index (χ0n) is 17.8. The van der Waals surface area contributed by atoms with Crippen molar-refractivity contribution in [2.24, 2.45) is 0 Å². The van der Waals surface area contributed by atoms with Crippen LogP contribution in [-0.4, -0.2) is 21.5 Å². The summed E-state index contributed by atoms with van der Waals surface area (Å²) in [4.78, 5) is 16.7. The van der Waals surface area contributed by atoms with E-state index in [1.807, 2.05) is 48.7 Å². The average Bonchev–Trinajstić information content (AvgIpc) is 3.21. The number of ether oxygens (including phenoxy) is 1. The van der Waals surface area contributed by atoms with Gasteiger partial charge in [-0.3, -0.25) is 9.36 Å². The number of carbonyl (C=O) groups excluding carboxylic acids is 1. The molecule has 0 aliphatic carbocycles. The van der Waals surface area contributed by atoms with Crippen LogP contribution >= 0.6 is 0 Å². The molecule has 0 unspecified atom stereocenters. The summed E-state index contributed by atoms with van der Waals surface area (Å²) in [5.41, 5.74) is 3.91. The fourth-order valence-corrected chi connectivity index (χ4v) is 3.33. The second-order valence-electron chi connectivity index (χ2n) is 7.77. The molecule has 0 spiro atoms. The monoisotopic (exact) mass is 435 g/mol. The number of benzene rings is 3. The first-order valence-corrected chi connectivity index (χ1v) is 10.3. The number of hydrogen-bond acceptors (Lipinski definition) is 3. The van der Waals surface area contributed by atoms with Gasteiger partial charge in [-0.15, -0.1) is 0 Å². The predicted octanol–water partition coefficient (Wildman–Crippen LogP) is 5.68. The van der Waals surface area contributed by atoms with Crippen LogP contribution in [0.1, 0.15) is 41.8 Å². The van der Waals surface area contributed by atoms with E-state index in [-0.39, 0.29) is 24.1 Å². The molecule has 0 radical (unpaired) electrons. The molecule has 0 fully saturated rings. The molecule has 0 saturated carbocycles. The zero-order chi connectivity index (χ0) is 22.7. The Labute approximate surface area is 184 Å². The van der Waals surface area contributed by atoms with E-state index in [2.05, 4.69) is 10.3 Å². The number of fused-ring (bicyclic) bond motifs is 1. The first kappa shape index (κ1) is 21.5. The summed E-state index contributed by atoms with van der Waals surface area (Å²) in [7, 11) is 0. The van der Waals surface area contributed by atoms with E-state index in [4.69, 9.17) is 4.74 Å². The average molecular weight is 435 g/mol. The number of amides is 1. The lowest BCUT2D eigenvalue weighted by Gasteiger charge is -2.10. The van der Waals surface area contributed by atoms with Gasteiger partial charge < -0.3 is 10.1 Å². The van der Waals surface area contributed by atoms with Gasteiger partial charge in [0.25, 0.3) is 12.3 Å². The molecule has 1 amide bonds. The summed E-state index contributed by atoms with van der Waals surface area (Å²) in [6.45, 7) is 4.13. The van der Waals surface area contributed by atoms with E-state index in [9.17, 15) is 13.6 Å². The molecule has 164 valence electrons. The Morgan fingerprint density at radius 1 is 1.03 bits per heavy atom. The van der Waals surface area contributed by atoms with E-state index in [1.165, 1.54) is 12.1 Å². The molecule has 7 heteroatoms. The third-order valence-corrected chi connectivity index (χ3v) is 4.98. The molecule has 0 atom stereocenters. The number of hydrogen-bond donors (Lipinski definition) is 1. The molecule has 4 aromatic rings. The number of halogens is 2. The van der Waals surface area contributed by atoms with Crippen molar-refractivity contribution in [1.82, 2.24) is 14.9 Å². The van der Waals surface area contributed by atoms with Crippen molar-refractivity contribution in [3.8, 4) is 11.4 Å². The van der Waals surface area contributed by atoms with Crippen molar-refractivity contribution in [2.45, 2.75) is 32.9 Å². The zero-order valence-corrected chi connectivity index (χ0v) is 17.8. The quantitative estimate of drug-likeness (QED) is 0.406. The van der Waals surface area contributed by atoms with Gasteiger partial charge in [-0.25, -0.2) is 13.8 Å². The van der Waals surface area contributed by atoms with Crippen molar-refractivity contribution < 1.29 is 18.3 Å². The van der Waals surface area contributed by atoms with E-state index < -0.39 is 6.43 Å². The van der Waals surface area contributed by atoms with Gasteiger partial charge >= 0.3 is 0 Å². The largest absolute Gasteiger partial charge is 0.489 e. The van der Waals surface area contributed by atoms with Crippen LogP contribution in [-0.2, 0) is 6.61 Å². The maximum absolute atomic E-state index is 12.6. The second kappa shape index (κ2) is 9.18. The van der Waals surface area contributed by atoms with Crippen LogP contribution in [0, 0.1) is 0 Å². The number of nitrogens with zero attached hydrogens (tertiary/aromatic N) is 2. The smallest absolute Gasteiger partial charge is 0.263 e. The summed E-state index contributed by atoms with van der Waals surface area (Å²) in [5.74, 6) is 0.547. The molecule has 4 rings (SSSR count). The van der Waals surface area contributed by atoms with Crippen molar-refractivity contribution >= 4 is 16.9 Å². The molecule has 5 nitrogen and oxygen atoms in total. The first-order valence-electron chi connectivity index (χ1n) is 10.3. The van der Waals surface area contributed by atoms with Gasteiger partial charge in [0.15, 0.2) is 0 Å². The van der Waals surface area contributed by atoms with Crippen molar-refractivity contribution in [3.63, 3.8) is 0 Å². The highest BCUT2D eigenvalue weighted by Crippen LogP contribution is 2.23. The number of aromatic nitrogens is 2. The predicted molar refractivity (Wildman–Crippen MR) is 119 cm³/mol. The molecule has 32 heavy (non-hydrogen) atoms. The highest BCUT2D eigenvalue weighted by molar-refractivity contribution is 5.97. The Balaban J connectivity index is 1.46. The van der Waals surface area contributed by atoms with Crippen molar-refractivity contribution in [2.75, 3.05) is 0 Å². The highest BCUT2D eigenvalue weighted by atomic mass is 19.3. The molecule has 1 heterocycles. The van der Waals surface area contributed by atoms with Crippen molar-refractivity contribution in [3.05, 3.63) is 89.7 Å². The minimum Gasteiger partial charge on any atom is -0.489 e. The summed E-state index contributed by atoms with van der Waals surface area (Å²) >= 11 is 0. The molecule has 0 bridgehead atoms. The number of alkyl halides is 2. The Kier molecular flexibility index (Phi) is 6.16. The molecule has 1 N–H and O–H groups in total. The third-order valence-electron chi connectivity index (χ3n) is 4.98. The van der Waals surface area contributed by atoms with Gasteiger partial charge in [-0.2, -0.15) is 0 Å². The summed E-state index contributed by atoms with van der Waals surface area (Å²) in [6, 6.07) is 19.1. The SMILES string of the molecule is CC(C)NC(=O)c1ccc2c(c1)ncn2-c1ccc(OCc2ccc(C(F)F)cc2)cc1. The lowest BCUT2D eigenvalue weighted by atomic mass is 10.1. The van der Waals surface area contributed by atoms with Crippen LogP contribution < -0.4 is 10.1 Å². The fourth-order valence-electron chi connectivity index (χ4n) is 3.33. The van der Waals surface area contributed by atoms with Gasteiger partial charge in [0.1, 0.15) is 18.7 Å². The van der Waals surface area contributed by atoms with E-state index in [1.54, 1.807) is 30.6 Å². The Morgan fingerprint density at radius 3 is 2.41 bits per heavy atom. The van der Waals surface area contributed by atoms with Gasteiger partial charge in [0.05, 0.1) is 11.0 Å². The maximum Gasteiger partial charge on any atom is 0.263 e. The van der Waals surface area contributed by atoms with Crippen LogP contribution in [0.25, 0.3) is 16.7 Å².